The van der Waals surface area contributed by atoms with Crippen LogP contribution < -0.4 is 5.32 Å². The molecule has 0 amide bonds. The third kappa shape index (κ3) is 2.29. The lowest BCUT2D eigenvalue weighted by molar-refractivity contribution is 1.19. The van der Waals surface area contributed by atoms with Crippen LogP contribution in [0, 0.1) is 6.92 Å². The second kappa shape index (κ2) is 4.34. The molecular formula is C10H10ClNS2. The summed E-state index contributed by atoms with van der Waals surface area (Å²) >= 11 is 9.19. The van der Waals surface area contributed by atoms with Gasteiger partial charge in [-0.1, -0.05) is 11.6 Å². The van der Waals surface area contributed by atoms with Gasteiger partial charge in [0.1, 0.15) is 0 Å². The van der Waals surface area contributed by atoms with Gasteiger partial charge < -0.3 is 5.32 Å². The highest BCUT2D eigenvalue weighted by Crippen LogP contribution is 2.24. The molecule has 0 atom stereocenters. The number of aryl methyl sites for hydroxylation is 1. The first kappa shape index (κ1) is 10.0. The minimum Gasteiger partial charge on any atom is -0.379 e. The van der Waals surface area contributed by atoms with Gasteiger partial charge in [-0.15, -0.1) is 22.7 Å². The van der Waals surface area contributed by atoms with Crippen molar-refractivity contribution in [1.29, 1.82) is 0 Å². The highest BCUT2D eigenvalue weighted by molar-refractivity contribution is 7.16. The van der Waals surface area contributed by atoms with Crippen LogP contribution in [0.3, 0.4) is 0 Å². The lowest BCUT2D eigenvalue weighted by atomic mass is 10.3. The van der Waals surface area contributed by atoms with Gasteiger partial charge in [-0.05, 0) is 30.0 Å². The van der Waals surface area contributed by atoms with E-state index in [0.29, 0.717) is 0 Å². The zero-order valence-electron chi connectivity index (χ0n) is 7.71. The molecule has 0 spiro atoms. The zero-order chi connectivity index (χ0) is 9.97. The lowest BCUT2D eigenvalue weighted by Crippen LogP contribution is -1.96. The highest BCUT2D eigenvalue weighted by Gasteiger charge is 2.00. The molecule has 1 N–H and O–H groups in total. The Morgan fingerprint density at radius 3 is 2.79 bits per heavy atom. The lowest BCUT2D eigenvalue weighted by Gasteiger charge is -2.02. The number of anilines is 1. The maximum atomic E-state index is 5.85. The number of nitrogens with one attached hydrogen (secondary N) is 1. The van der Waals surface area contributed by atoms with E-state index in [1.807, 2.05) is 6.07 Å². The summed E-state index contributed by atoms with van der Waals surface area (Å²) in [6.07, 6.45) is 0. The predicted octanol–water partition coefficient (Wildman–Crippen LogP) is 4.38. The summed E-state index contributed by atoms with van der Waals surface area (Å²) in [4.78, 5) is 1.26. The van der Waals surface area contributed by atoms with Gasteiger partial charge in [0, 0.05) is 22.5 Å². The van der Waals surface area contributed by atoms with E-state index >= 15 is 0 Å². The molecule has 0 aliphatic rings. The van der Waals surface area contributed by atoms with Crippen LogP contribution in [0.2, 0.25) is 4.34 Å². The summed E-state index contributed by atoms with van der Waals surface area (Å²) in [6, 6.07) is 3.99. The number of hydrogen-bond donors (Lipinski definition) is 1. The van der Waals surface area contributed by atoms with Crippen LogP contribution in [0.4, 0.5) is 5.69 Å². The summed E-state index contributed by atoms with van der Waals surface area (Å²) < 4.78 is 0.851. The van der Waals surface area contributed by atoms with E-state index in [0.717, 1.165) is 10.9 Å². The average molecular weight is 244 g/mol. The minimum atomic E-state index is 0.851. The maximum absolute atomic E-state index is 5.85. The Balaban J connectivity index is 1.98. The fourth-order valence-corrected chi connectivity index (χ4v) is 3.00. The molecule has 1 nitrogen and oxygen atoms in total. The van der Waals surface area contributed by atoms with Crippen LogP contribution in [0.1, 0.15) is 10.4 Å². The molecule has 2 rings (SSSR count). The molecule has 0 unspecified atom stereocenters. The van der Waals surface area contributed by atoms with Crippen molar-refractivity contribution in [2.75, 3.05) is 5.32 Å². The fraction of sp³-hybridized carbons (Fsp3) is 0.200. The van der Waals surface area contributed by atoms with E-state index < -0.39 is 0 Å². The van der Waals surface area contributed by atoms with Crippen LogP contribution in [-0.4, -0.2) is 0 Å². The second-order valence-corrected chi connectivity index (χ2v) is 5.57. The van der Waals surface area contributed by atoms with Gasteiger partial charge in [0.25, 0.3) is 0 Å². The van der Waals surface area contributed by atoms with E-state index in [4.69, 9.17) is 11.6 Å². The van der Waals surface area contributed by atoms with Crippen LogP contribution in [0.25, 0.3) is 0 Å². The number of rotatable bonds is 3. The van der Waals surface area contributed by atoms with Crippen molar-refractivity contribution < 1.29 is 0 Å². The van der Waals surface area contributed by atoms with Gasteiger partial charge in [-0.3, -0.25) is 0 Å². The molecule has 0 aliphatic heterocycles. The molecule has 4 heteroatoms. The smallest absolute Gasteiger partial charge is 0.0931 e. The van der Waals surface area contributed by atoms with Crippen molar-refractivity contribution in [1.82, 2.24) is 0 Å². The van der Waals surface area contributed by atoms with Crippen molar-refractivity contribution in [2.24, 2.45) is 0 Å². The fourth-order valence-electron chi connectivity index (χ4n) is 1.17. The van der Waals surface area contributed by atoms with Crippen molar-refractivity contribution >= 4 is 40.0 Å². The quantitative estimate of drug-likeness (QED) is 0.844. The molecule has 0 radical (unpaired) electrons. The van der Waals surface area contributed by atoms with Crippen LogP contribution in [0.5, 0.6) is 0 Å². The van der Waals surface area contributed by atoms with E-state index in [2.05, 4.69) is 29.1 Å². The monoisotopic (exact) mass is 243 g/mol. The van der Waals surface area contributed by atoms with Crippen LogP contribution >= 0.6 is 34.3 Å². The Morgan fingerprint density at radius 2 is 2.21 bits per heavy atom. The molecule has 0 aliphatic carbocycles. The SMILES string of the molecule is Cc1cscc1NCc1ccc(Cl)s1. The molecule has 0 fully saturated rings. The van der Waals surface area contributed by atoms with Gasteiger partial charge in [0.05, 0.1) is 4.34 Å². The molecule has 0 saturated carbocycles. The molecule has 14 heavy (non-hydrogen) atoms. The van der Waals surface area contributed by atoms with Crippen LogP contribution in [0.15, 0.2) is 22.9 Å². The van der Waals surface area contributed by atoms with Gasteiger partial charge in [-0.2, -0.15) is 0 Å². The molecular weight excluding hydrogens is 234 g/mol. The van der Waals surface area contributed by atoms with E-state index in [1.54, 1.807) is 22.7 Å². The van der Waals surface area contributed by atoms with Crippen molar-refractivity contribution in [2.45, 2.75) is 13.5 Å². The molecule has 0 aromatic carbocycles. The first-order valence-corrected chi connectivity index (χ1v) is 6.40. The maximum Gasteiger partial charge on any atom is 0.0931 e. The topological polar surface area (TPSA) is 12.0 Å². The first-order chi connectivity index (χ1) is 6.75. The van der Waals surface area contributed by atoms with E-state index in [-0.39, 0.29) is 0 Å². The molecule has 0 bridgehead atoms. The van der Waals surface area contributed by atoms with Gasteiger partial charge in [0.15, 0.2) is 0 Å². The third-order valence-electron chi connectivity index (χ3n) is 1.94. The summed E-state index contributed by atoms with van der Waals surface area (Å²) in [5, 5.41) is 7.66. The molecule has 0 saturated heterocycles. The Morgan fingerprint density at radius 1 is 1.36 bits per heavy atom. The Bertz CT molecular complexity index is 419. The minimum absolute atomic E-state index is 0.851. The van der Waals surface area contributed by atoms with Crippen molar-refractivity contribution in [3.8, 4) is 0 Å². The Kier molecular flexibility index (Phi) is 3.11. The second-order valence-electron chi connectivity index (χ2n) is 3.03. The third-order valence-corrected chi connectivity index (χ3v) is 4.03. The predicted molar refractivity (Wildman–Crippen MR) is 65.7 cm³/mol. The highest BCUT2D eigenvalue weighted by atomic mass is 35.5. The normalized spacial score (nSPS) is 10.4. The summed E-state index contributed by atoms with van der Waals surface area (Å²) in [7, 11) is 0. The van der Waals surface area contributed by atoms with Crippen LogP contribution in [-0.2, 0) is 6.54 Å². The van der Waals surface area contributed by atoms with E-state index in [9.17, 15) is 0 Å². The van der Waals surface area contributed by atoms with Crippen molar-refractivity contribution in [3.63, 3.8) is 0 Å². The van der Waals surface area contributed by atoms with Gasteiger partial charge >= 0.3 is 0 Å². The largest absolute Gasteiger partial charge is 0.379 e. The average Bonchev–Trinajstić information content (AvgIpc) is 2.72. The molecule has 2 heterocycles. The zero-order valence-corrected chi connectivity index (χ0v) is 10.1. The number of hydrogen-bond acceptors (Lipinski definition) is 3. The van der Waals surface area contributed by atoms with Gasteiger partial charge in [0.2, 0.25) is 0 Å². The number of halogens is 1. The summed E-state index contributed by atoms with van der Waals surface area (Å²) in [5.74, 6) is 0. The molecule has 74 valence electrons. The van der Waals surface area contributed by atoms with Crippen molar-refractivity contribution in [3.05, 3.63) is 37.7 Å². The Hall–Kier alpha value is -0.510. The standard InChI is InChI=1S/C10H10ClNS2/c1-7-5-13-6-9(7)12-4-8-2-3-10(11)14-8/h2-3,5-6,12H,4H2,1H3. The molecule has 2 aromatic rings. The van der Waals surface area contributed by atoms with Gasteiger partial charge in [-0.25, -0.2) is 0 Å². The summed E-state index contributed by atoms with van der Waals surface area (Å²) in [5.41, 5.74) is 2.53. The van der Waals surface area contributed by atoms with E-state index in [1.165, 1.54) is 16.1 Å². The molecule has 2 aromatic heterocycles. The number of thiophene rings is 2. The Labute approximate surface area is 96.4 Å². The summed E-state index contributed by atoms with van der Waals surface area (Å²) in [6.45, 7) is 2.97. The first-order valence-electron chi connectivity index (χ1n) is 4.26.